The highest BCUT2D eigenvalue weighted by Gasteiger charge is 2.12. The second-order valence-electron chi connectivity index (χ2n) is 5.31. The van der Waals surface area contributed by atoms with E-state index in [1.54, 1.807) is 24.3 Å². The number of carbonyl (C=O) groups excluding carboxylic acids is 1. The third-order valence-corrected chi connectivity index (χ3v) is 3.86. The first-order chi connectivity index (χ1) is 11.4. The molecule has 0 unspecified atom stereocenters. The van der Waals surface area contributed by atoms with E-state index in [1.807, 2.05) is 32.0 Å². The summed E-state index contributed by atoms with van der Waals surface area (Å²) in [6.45, 7) is 3.95. The zero-order chi connectivity index (χ0) is 17.7. The Morgan fingerprint density at radius 2 is 1.96 bits per heavy atom. The van der Waals surface area contributed by atoms with Gasteiger partial charge in [0.25, 0.3) is 5.91 Å². The smallest absolute Gasteiger partial charge is 0.266 e. The lowest BCUT2D eigenvalue weighted by Gasteiger charge is -2.08. The Labute approximate surface area is 146 Å². The minimum atomic E-state index is -0.484. The average molecular weight is 341 g/mol. The van der Waals surface area contributed by atoms with Crippen LogP contribution in [0, 0.1) is 25.2 Å². The van der Waals surface area contributed by atoms with Gasteiger partial charge in [-0.05, 0) is 61.4 Å². The van der Waals surface area contributed by atoms with Gasteiger partial charge in [0.05, 0.1) is 7.11 Å². The van der Waals surface area contributed by atoms with Crippen molar-refractivity contribution in [3.05, 3.63) is 63.7 Å². The number of nitrogens with one attached hydrogen (secondary N) is 1. The summed E-state index contributed by atoms with van der Waals surface area (Å²) in [5.41, 5.74) is 3.37. The van der Waals surface area contributed by atoms with Crippen LogP contribution < -0.4 is 10.1 Å². The van der Waals surface area contributed by atoms with Crippen molar-refractivity contribution in [3.63, 3.8) is 0 Å². The third-order valence-electron chi connectivity index (χ3n) is 3.62. The predicted octanol–water partition coefficient (Wildman–Crippen LogP) is 4.51. The summed E-state index contributed by atoms with van der Waals surface area (Å²) in [6, 6.07) is 12.5. The van der Waals surface area contributed by atoms with E-state index >= 15 is 0 Å². The molecule has 0 saturated heterocycles. The van der Waals surface area contributed by atoms with Gasteiger partial charge in [0.1, 0.15) is 17.4 Å². The molecule has 24 heavy (non-hydrogen) atoms. The second kappa shape index (κ2) is 7.67. The van der Waals surface area contributed by atoms with E-state index < -0.39 is 5.91 Å². The van der Waals surface area contributed by atoms with E-state index in [2.05, 4.69) is 5.32 Å². The van der Waals surface area contributed by atoms with Crippen LogP contribution in [-0.4, -0.2) is 13.0 Å². The molecule has 0 radical (unpaired) electrons. The summed E-state index contributed by atoms with van der Waals surface area (Å²) >= 11 is 5.97. The van der Waals surface area contributed by atoms with Crippen molar-refractivity contribution in [1.29, 1.82) is 5.26 Å². The van der Waals surface area contributed by atoms with Crippen LogP contribution in [0.3, 0.4) is 0 Å². The molecule has 0 aliphatic heterocycles. The zero-order valence-electron chi connectivity index (χ0n) is 13.7. The molecule has 4 nitrogen and oxygen atoms in total. The Kier molecular flexibility index (Phi) is 5.62. The van der Waals surface area contributed by atoms with E-state index in [1.165, 1.54) is 13.2 Å². The Bertz CT molecular complexity index is 851. The molecule has 5 heteroatoms. The van der Waals surface area contributed by atoms with Crippen molar-refractivity contribution < 1.29 is 9.53 Å². The van der Waals surface area contributed by atoms with Crippen molar-refractivity contribution >= 4 is 29.3 Å². The van der Waals surface area contributed by atoms with Crippen molar-refractivity contribution in [2.24, 2.45) is 0 Å². The molecular weight excluding hydrogens is 324 g/mol. The van der Waals surface area contributed by atoms with Gasteiger partial charge in [0.15, 0.2) is 0 Å². The number of hydrogen-bond donors (Lipinski definition) is 1. The summed E-state index contributed by atoms with van der Waals surface area (Å²) in [4.78, 5) is 12.4. The molecule has 2 aromatic rings. The minimum absolute atomic E-state index is 0.0335. The summed E-state index contributed by atoms with van der Waals surface area (Å²) < 4.78 is 5.23. The average Bonchev–Trinajstić information content (AvgIpc) is 2.56. The fourth-order valence-corrected chi connectivity index (χ4v) is 2.32. The van der Waals surface area contributed by atoms with Crippen molar-refractivity contribution in [1.82, 2.24) is 0 Å². The Morgan fingerprint density at radius 1 is 1.21 bits per heavy atom. The number of rotatable bonds is 4. The number of halogens is 1. The molecular formula is C19H17ClN2O2. The van der Waals surface area contributed by atoms with Crippen molar-refractivity contribution in [3.8, 4) is 11.8 Å². The standard InChI is InChI=1S/C19H17ClN2O2/c1-12-4-6-17(8-13(12)2)22-19(23)15(11-21)9-14-10-16(20)5-7-18(14)24-3/h4-10H,1-3H3,(H,22,23)/b15-9+. The van der Waals surface area contributed by atoms with Gasteiger partial charge in [-0.1, -0.05) is 17.7 Å². The van der Waals surface area contributed by atoms with Gasteiger partial charge in [-0.3, -0.25) is 4.79 Å². The van der Waals surface area contributed by atoms with Crippen molar-refractivity contribution in [2.75, 3.05) is 12.4 Å². The maximum atomic E-state index is 12.4. The van der Waals surface area contributed by atoms with Gasteiger partial charge >= 0.3 is 0 Å². The molecule has 0 spiro atoms. The third kappa shape index (κ3) is 4.15. The van der Waals surface area contributed by atoms with Crippen LogP contribution in [0.2, 0.25) is 5.02 Å². The lowest BCUT2D eigenvalue weighted by molar-refractivity contribution is -0.112. The van der Waals surface area contributed by atoms with E-state index in [4.69, 9.17) is 16.3 Å². The fourth-order valence-electron chi connectivity index (χ4n) is 2.14. The SMILES string of the molecule is COc1ccc(Cl)cc1/C=C(\C#N)C(=O)Nc1ccc(C)c(C)c1. The number of anilines is 1. The number of amides is 1. The number of benzene rings is 2. The molecule has 0 atom stereocenters. The highest BCUT2D eigenvalue weighted by atomic mass is 35.5. The van der Waals surface area contributed by atoms with Crippen LogP contribution in [0.25, 0.3) is 6.08 Å². The van der Waals surface area contributed by atoms with Gasteiger partial charge in [-0.2, -0.15) is 5.26 Å². The van der Waals surface area contributed by atoms with Crippen LogP contribution >= 0.6 is 11.6 Å². The summed E-state index contributed by atoms with van der Waals surface area (Å²) in [6.07, 6.45) is 1.46. The lowest BCUT2D eigenvalue weighted by Crippen LogP contribution is -2.13. The van der Waals surface area contributed by atoms with Gasteiger partial charge in [-0.15, -0.1) is 0 Å². The molecule has 0 aromatic heterocycles. The first-order valence-corrected chi connectivity index (χ1v) is 7.66. The van der Waals surface area contributed by atoms with Crippen molar-refractivity contribution in [2.45, 2.75) is 13.8 Å². The molecule has 0 saturated carbocycles. The number of carbonyl (C=O) groups is 1. The van der Waals surface area contributed by atoms with E-state index in [-0.39, 0.29) is 5.57 Å². The topological polar surface area (TPSA) is 62.1 Å². The van der Waals surface area contributed by atoms with Gasteiger partial charge in [0, 0.05) is 16.3 Å². The molecule has 2 rings (SSSR count). The molecule has 2 aromatic carbocycles. The fraction of sp³-hybridized carbons (Fsp3) is 0.158. The Hall–Kier alpha value is -2.77. The molecule has 0 bridgehead atoms. The Morgan fingerprint density at radius 3 is 2.58 bits per heavy atom. The van der Waals surface area contributed by atoms with E-state index in [0.717, 1.165) is 11.1 Å². The first kappa shape index (κ1) is 17.6. The van der Waals surface area contributed by atoms with Gasteiger partial charge in [-0.25, -0.2) is 0 Å². The van der Waals surface area contributed by atoms with Crippen LogP contribution in [0.1, 0.15) is 16.7 Å². The molecule has 0 heterocycles. The quantitative estimate of drug-likeness (QED) is 0.658. The monoisotopic (exact) mass is 340 g/mol. The summed E-state index contributed by atoms with van der Waals surface area (Å²) in [5.74, 6) is 0.0499. The number of ether oxygens (including phenoxy) is 1. The van der Waals surface area contributed by atoms with E-state index in [0.29, 0.717) is 22.0 Å². The number of nitriles is 1. The number of aryl methyl sites for hydroxylation is 2. The lowest BCUT2D eigenvalue weighted by atomic mass is 10.1. The summed E-state index contributed by atoms with van der Waals surface area (Å²) in [7, 11) is 1.52. The normalized spacial score (nSPS) is 10.9. The largest absolute Gasteiger partial charge is 0.496 e. The molecule has 0 aliphatic carbocycles. The number of methoxy groups -OCH3 is 1. The molecule has 0 fully saturated rings. The maximum Gasteiger partial charge on any atom is 0.266 e. The zero-order valence-corrected chi connectivity index (χ0v) is 14.4. The highest BCUT2D eigenvalue weighted by molar-refractivity contribution is 6.30. The highest BCUT2D eigenvalue weighted by Crippen LogP contribution is 2.25. The first-order valence-electron chi connectivity index (χ1n) is 7.28. The molecule has 0 aliphatic rings. The maximum absolute atomic E-state index is 12.4. The Balaban J connectivity index is 2.30. The van der Waals surface area contributed by atoms with Crippen LogP contribution in [0.15, 0.2) is 42.0 Å². The predicted molar refractivity (Wildman–Crippen MR) is 96.1 cm³/mol. The number of nitrogens with zero attached hydrogens (tertiary/aromatic N) is 1. The van der Waals surface area contributed by atoms with Crippen LogP contribution in [-0.2, 0) is 4.79 Å². The molecule has 1 amide bonds. The minimum Gasteiger partial charge on any atom is -0.496 e. The van der Waals surface area contributed by atoms with Crippen LogP contribution in [0.4, 0.5) is 5.69 Å². The second-order valence-corrected chi connectivity index (χ2v) is 5.75. The molecule has 122 valence electrons. The molecule has 1 N–H and O–H groups in total. The van der Waals surface area contributed by atoms with Crippen LogP contribution in [0.5, 0.6) is 5.75 Å². The van der Waals surface area contributed by atoms with E-state index in [9.17, 15) is 10.1 Å². The van der Waals surface area contributed by atoms with Gasteiger partial charge < -0.3 is 10.1 Å². The number of hydrogen-bond acceptors (Lipinski definition) is 3. The van der Waals surface area contributed by atoms with Gasteiger partial charge in [0.2, 0.25) is 0 Å². The summed E-state index contributed by atoms with van der Waals surface area (Å²) in [5, 5.41) is 12.5.